The molecule has 0 radical (unpaired) electrons. The van der Waals surface area contributed by atoms with Gasteiger partial charge in [0.2, 0.25) is 0 Å². The second-order valence-electron chi connectivity index (χ2n) is 7.07. The molecule has 1 heterocycles. The Balaban J connectivity index is 1.62. The molecular formula is C18H28N2. The Bertz CT molecular complexity index is 466. The van der Waals surface area contributed by atoms with Gasteiger partial charge in [-0.1, -0.05) is 24.3 Å². The lowest BCUT2D eigenvalue weighted by atomic mass is 9.91. The predicted molar refractivity (Wildman–Crippen MR) is 85.0 cm³/mol. The van der Waals surface area contributed by atoms with Gasteiger partial charge in [0.25, 0.3) is 0 Å². The van der Waals surface area contributed by atoms with Crippen molar-refractivity contribution in [3.63, 3.8) is 0 Å². The molecule has 2 aliphatic rings. The maximum atomic E-state index is 3.81. The van der Waals surface area contributed by atoms with Crippen LogP contribution in [-0.2, 0) is 6.42 Å². The number of nitrogens with one attached hydrogen (secondary N) is 1. The molecule has 2 nitrogen and oxygen atoms in total. The molecule has 20 heavy (non-hydrogen) atoms. The van der Waals surface area contributed by atoms with E-state index in [4.69, 9.17) is 0 Å². The highest BCUT2D eigenvalue weighted by molar-refractivity contribution is 5.25. The van der Waals surface area contributed by atoms with Crippen LogP contribution in [0.5, 0.6) is 0 Å². The van der Waals surface area contributed by atoms with Crippen molar-refractivity contribution in [1.82, 2.24) is 10.2 Å². The fourth-order valence-corrected chi connectivity index (χ4v) is 3.59. The Hall–Kier alpha value is -0.860. The summed E-state index contributed by atoms with van der Waals surface area (Å²) in [6.45, 7) is 10.6. The minimum absolute atomic E-state index is 0.359. The Morgan fingerprint density at radius 3 is 2.75 bits per heavy atom. The first-order valence-electron chi connectivity index (χ1n) is 8.12. The van der Waals surface area contributed by atoms with Crippen molar-refractivity contribution in [2.45, 2.75) is 51.6 Å². The highest BCUT2D eigenvalue weighted by Gasteiger charge is 2.45. The van der Waals surface area contributed by atoms with Crippen LogP contribution in [0.2, 0.25) is 0 Å². The van der Waals surface area contributed by atoms with Crippen LogP contribution >= 0.6 is 0 Å². The first kappa shape index (κ1) is 14.1. The summed E-state index contributed by atoms with van der Waals surface area (Å²) < 4.78 is 0. The summed E-state index contributed by atoms with van der Waals surface area (Å²) in [5.41, 5.74) is 3.30. The zero-order chi connectivity index (χ0) is 14.2. The molecule has 0 amide bonds. The number of benzene rings is 1. The monoisotopic (exact) mass is 272 g/mol. The van der Waals surface area contributed by atoms with Gasteiger partial charge >= 0.3 is 0 Å². The standard InChI is InChI=1S/C18H28N2/c1-14-6-4-5-7-16(14)10-11-20-13-18(3,17-8-9-17)19-12-15(20)2/h4-7,15,17,19H,8-13H2,1-3H3. The molecule has 2 unspecified atom stereocenters. The Morgan fingerprint density at radius 1 is 1.30 bits per heavy atom. The Kier molecular flexibility index (Phi) is 3.87. The third-order valence-electron chi connectivity index (χ3n) is 5.36. The van der Waals surface area contributed by atoms with Crippen molar-refractivity contribution < 1.29 is 0 Å². The third kappa shape index (κ3) is 2.91. The summed E-state index contributed by atoms with van der Waals surface area (Å²) in [5.74, 6) is 0.913. The molecule has 0 spiro atoms. The van der Waals surface area contributed by atoms with E-state index in [1.54, 1.807) is 0 Å². The van der Waals surface area contributed by atoms with E-state index in [9.17, 15) is 0 Å². The molecule has 2 atom stereocenters. The zero-order valence-electron chi connectivity index (χ0n) is 13.2. The van der Waals surface area contributed by atoms with E-state index in [-0.39, 0.29) is 0 Å². The van der Waals surface area contributed by atoms with E-state index < -0.39 is 0 Å². The molecule has 1 aromatic rings. The number of nitrogens with zero attached hydrogens (tertiary/aromatic N) is 1. The number of piperazine rings is 1. The molecule has 1 saturated carbocycles. The van der Waals surface area contributed by atoms with Crippen LogP contribution in [0, 0.1) is 12.8 Å². The van der Waals surface area contributed by atoms with Crippen LogP contribution in [0.15, 0.2) is 24.3 Å². The van der Waals surface area contributed by atoms with E-state index in [0.29, 0.717) is 11.6 Å². The first-order valence-corrected chi connectivity index (χ1v) is 8.12. The van der Waals surface area contributed by atoms with Crippen LogP contribution < -0.4 is 5.32 Å². The summed E-state index contributed by atoms with van der Waals surface area (Å²) in [5, 5.41) is 3.81. The molecular weight excluding hydrogens is 244 g/mol. The average molecular weight is 272 g/mol. The second-order valence-corrected chi connectivity index (χ2v) is 7.07. The van der Waals surface area contributed by atoms with E-state index in [1.165, 1.54) is 43.5 Å². The van der Waals surface area contributed by atoms with Crippen molar-refractivity contribution in [2.75, 3.05) is 19.6 Å². The van der Waals surface area contributed by atoms with E-state index >= 15 is 0 Å². The lowest BCUT2D eigenvalue weighted by Gasteiger charge is -2.45. The highest BCUT2D eigenvalue weighted by Crippen LogP contribution is 2.41. The van der Waals surface area contributed by atoms with Gasteiger partial charge in [0.1, 0.15) is 0 Å². The Labute approximate surface area is 123 Å². The van der Waals surface area contributed by atoms with Crippen molar-refractivity contribution in [3.05, 3.63) is 35.4 Å². The summed E-state index contributed by atoms with van der Waals surface area (Å²) in [6, 6.07) is 9.47. The molecule has 1 saturated heterocycles. The third-order valence-corrected chi connectivity index (χ3v) is 5.36. The average Bonchev–Trinajstić information content (AvgIpc) is 3.26. The fraction of sp³-hybridized carbons (Fsp3) is 0.667. The van der Waals surface area contributed by atoms with Crippen molar-refractivity contribution >= 4 is 0 Å². The quantitative estimate of drug-likeness (QED) is 0.906. The SMILES string of the molecule is Cc1ccccc1CCN1CC(C)(C2CC2)NCC1C. The maximum Gasteiger partial charge on any atom is 0.0309 e. The van der Waals surface area contributed by atoms with Crippen molar-refractivity contribution in [2.24, 2.45) is 5.92 Å². The van der Waals surface area contributed by atoms with Gasteiger partial charge in [-0.2, -0.15) is 0 Å². The largest absolute Gasteiger partial charge is 0.308 e. The molecule has 2 fully saturated rings. The van der Waals surface area contributed by atoms with Crippen molar-refractivity contribution in [3.8, 4) is 0 Å². The normalized spacial score (nSPS) is 31.4. The number of rotatable bonds is 4. The lowest BCUT2D eigenvalue weighted by molar-refractivity contribution is 0.0844. The molecule has 1 aliphatic heterocycles. The van der Waals surface area contributed by atoms with Crippen LogP contribution in [0.4, 0.5) is 0 Å². The fourth-order valence-electron chi connectivity index (χ4n) is 3.59. The predicted octanol–water partition coefficient (Wildman–Crippen LogP) is 3.00. The minimum atomic E-state index is 0.359. The summed E-state index contributed by atoms with van der Waals surface area (Å²) >= 11 is 0. The van der Waals surface area contributed by atoms with Gasteiger partial charge in [-0.05, 0) is 57.1 Å². The van der Waals surface area contributed by atoms with Gasteiger partial charge in [0, 0.05) is 31.2 Å². The van der Waals surface area contributed by atoms with Gasteiger partial charge < -0.3 is 5.32 Å². The molecule has 2 heteroatoms. The highest BCUT2D eigenvalue weighted by atomic mass is 15.2. The second kappa shape index (κ2) is 5.50. The van der Waals surface area contributed by atoms with Gasteiger partial charge in [-0.15, -0.1) is 0 Å². The number of aryl methyl sites for hydroxylation is 1. The van der Waals surface area contributed by atoms with E-state index in [2.05, 4.69) is 55.3 Å². The van der Waals surface area contributed by atoms with Gasteiger partial charge in [0.15, 0.2) is 0 Å². The van der Waals surface area contributed by atoms with Gasteiger partial charge in [-0.25, -0.2) is 0 Å². The van der Waals surface area contributed by atoms with E-state index in [0.717, 1.165) is 12.5 Å². The van der Waals surface area contributed by atoms with Crippen LogP contribution in [0.3, 0.4) is 0 Å². The maximum absolute atomic E-state index is 3.81. The molecule has 1 aliphatic carbocycles. The first-order chi connectivity index (χ1) is 9.58. The summed E-state index contributed by atoms with van der Waals surface area (Å²) in [4.78, 5) is 2.70. The molecule has 0 bridgehead atoms. The molecule has 1 aromatic carbocycles. The zero-order valence-corrected chi connectivity index (χ0v) is 13.2. The smallest absolute Gasteiger partial charge is 0.0309 e. The summed E-state index contributed by atoms with van der Waals surface area (Å²) in [6.07, 6.45) is 4.02. The molecule has 3 rings (SSSR count). The number of hydrogen-bond donors (Lipinski definition) is 1. The van der Waals surface area contributed by atoms with Crippen molar-refractivity contribution in [1.29, 1.82) is 0 Å². The van der Waals surface area contributed by atoms with Gasteiger partial charge in [0.05, 0.1) is 0 Å². The lowest BCUT2D eigenvalue weighted by Crippen LogP contribution is -2.63. The summed E-state index contributed by atoms with van der Waals surface area (Å²) in [7, 11) is 0. The van der Waals surface area contributed by atoms with Crippen LogP contribution in [0.25, 0.3) is 0 Å². The van der Waals surface area contributed by atoms with Crippen LogP contribution in [-0.4, -0.2) is 36.1 Å². The molecule has 0 aromatic heterocycles. The van der Waals surface area contributed by atoms with Gasteiger partial charge in [-0.3, -0.25) is 4.90 Å². The Morgan fingerprint density at radius 2 is 2.05 bits per heavy atom. The van der Waals surface area contributed by atoms with E-state index in [1.807, 2.05) is 0 Å². The van der Waals surface area contributed by atoms with Crippen LogP contribution in [0.1, 0.15) is 37.8 Å². The topological polar surface area (TPSA) is 15.3 Å². The molecule has 1 N–H and O–H groups in total. The number of hydrogen-bond acceptors (Lipinski definition) is 2. The molecule has 110 valence electrons. The minimum Gasteiger partial charge on any atom is -0.308 e.